The molecule has 2 N–H and O–H groups in total. The molecule has 0 spiro atoms. The monoisotopic (exact) mass is 333 g/mol. The lowest BCUT2D eigenvalue weighted by molar-refractivity contribution is -0.0296. The Hall–Kier alpha value is -1.24. The molecule has 2 heterocycles. The molecule has 1 aliphatic rings. The van der Waals surface area contributed by atoms with Gasteiger partial charge in [0.05, 0.1) is 25.9 Å². The van der Waals surface area contributed by atoms with E-state index in [4.69, 9.17) is 9.84 Å². The second-order valence-corrected chi connectivity index (χ2v) is 6.92. The number of thiophene rings is 1. The fourth-order valence-corrected chi connectivity index (χ4v) is 3.68. The third-order valence-corrected chi connectivity index (χ3v) is 5.28. The van der Waals surface area contributed by atoms with Crippen LogP contribution in [0, 0.1) is 0 Å². The predicted octanol–water partition coefficient (Wildman–Crippen LogP) is 2.56. The zero-order valence-electron chi connectivity index (χ0n) is 13.1. The van der Waals surface area contributed by atoms with E-state index in [1.807, 2.05) is 29.6 Å². The molecule has 1 saturated heterocycles. The molecule has 1 aromatic heterocycles. The van der Waals surface area contributed by atoms with Crippen LogP contribution in [0.25, 0.3) is 0 Å². The van der Waals surface area contributed by atoms with Gasteiger partial charge in [0, 0.05) is 24.0 Å². The maximum Gasteiger partial charge on any atom is 0.0897 e. The van der Waals surface area contributed by atoms with E-state index in [2.05, 4.69) is 17.0 Å². The highest BCUT2D eigenvalue weighted by atomic mass is 32.1. The Morgan fingerprint density at radius 3 is 2.70 bits per heavy atom. The number of aliphatic hydroxyl groups excluding tert-OH is 2. The summed E-state index contributed by atoms with van der Waals surface area (Å²) >= 11 is 1.60. The lowest BCUT2D eigenvalue weighted by Crippen LogP contribution is -2.45. The smallest absolute Gasteiger partial charge is 0.0897 e. The van der Waals surface area contributed by atoms with Gasteiger partial charge in [0.1, 0.15) is 0 Å². The average Bonchev–Trinajstić information content (AvgIpc) is 3.12. The summed E-state index contributed by atoms with van der Waals surface area (Å²) in [6.45, 7) is 3.20. The van der Waals surface area contributed by atoms with Crippen LogP contribution in [0.2, 0.25) is 0 Å². The summed E-state index contributed by atoms with van der Waals surface area (Å²) in [5.41, 5.74) is 2.15. The van der Waals surface area contributed by atoms with Gasteiger partial charge in [-0.15, -0.1) is 11.3 Å². The van der Waals surface area contributed by atoms with Crippen LogP contribution in [0.1, 0.15) is 28.5 Å². The van der Waals surface area contributed by atoms with Crippen molar-refractivity contribution in [2.45, 2.75) is 31.7 Å². The van der Waals surface area contributed by atoms with Gasteiger partial charge in [-0.25, -0.2) is 0 Å². The highest BCUT2D eigenvalue weighted by Gasteiger charge is 2.26. The van der Waals surface area contributed by atoms with Crippen LogP contribution >= 0.6 is 11.3 Å². The molecular formula is C18H23NO3S. The number of nitrogens with zero attached hydrogens (tertiary/aromatic N) is 1. The number of rotatable bonds is 6. The molecule has 2 unspecified atom stereocenters. The highest BCUT2D eigenvalue weighted by Crippen LogP contribution is 2.26. The first kappa shape index (κ1) is 16.6. The van der Waals surface area contributed by atoms with Crippen molar-refractivity contribution < 1.29 is 14.9 Å². The Balaban J connectivity index is 1.63. The number of benzene rings is 1. The van der Waals surface area contributed by atoms with Gasteiger partial charge < -0.3 is 14.9 Å². The average molecular weight is 333 g/mol. The van der Waals surface area contributed by atoms with Crippen molar-refractivity contribution in [2.24, 2.45) is 0 Å². The summed E-state index contributed by atoms with van der Waals surface area (Å²) in [6, 6.07) is 12.2. The van der Waals surface area contributed by atoms with Crippen LogP contribution in [-0.4, -0.2) is 40.9 Å². The molecule has 0 radical (unpaired) electrons. The van der Waals surface area contributed by atoms with Gasteiger partial charge in [-0.3, -0.25) is 4.90 Å². The molecule has 23 heavy (non-hydrogen) atoms. The molecule has 0 saturated carbocycles. The Kier molecular flexibility index (Phi) is 5.80. The molecular weight excluding hydrogens is 310 g/mol. The van der Waals surface area contributed by atoms with E-state index in [0.717, 1.165) is 30.1 Å². The lowest BCUT2D eigenvalue weighted by atomic mass is 10.0. The largest absolute Gasteiger partial charge is 0.392 e. The summed E-state index contributed by atoms with van der Waals surface area (Å²) in [4.78, 5) is 3.40. The Bertz CT molecular complexity index is 585. The van der Waals surface area contributed by atoms with E-state index in [9.17, 15) is 5.11 Å². The Morgan fingerprint density at radius 1 is 1.22 bits per heavy atom. The SMILES string of the molecule is OCc1ccc(CN2CCOCC2CC(O)c2cccs2)cc1. The maximum absolute atomic E-state index is 10.4. The number of morpholine rings is 1. The van der Waals surface area contributed by atoms with Crippen LogP contribution < -0.4 is 0 Å². The van der Waals surface area contributed by atoms with Gasteiger partial charge in [-0.2, -0.15) is 0 Å². The molecule has 3 rings (SSSR count). The fourth-order valence-electron chi connectivity index (χ4n) is 2.95. The highest BCUT2D eigenvalue weighted by molar-refractivity contribution is 7.10. The van der Waals surface area contributed by atoms with Crippen molar-refractivity contribution in [3.8, 4) is 0 Å². The summed E-state index contributed by atoms with van der Waals surface area (Å²) < 4.78 is 5.62. The molecule has 2 aromatic rings. The van der Waals surface area contributed by atoms with E-state index in [0.29, 0.717) is 13.0 Å². The van der Waals surface area contributed by atoms with Crippen LogP contribution in [-0.2, 0) is 17.9 Å². The van der Waals surface area contributed by atoms with Crippen molar-refractivity contribution >= 4 is 11.3 Å². The van der Waals surface area contributed by atoms with Crippen molar-refractivity contribution in [2.75, 3.05) is 19.8 Å². The standard InChI is InChI=1S/C18H23NO3S/c20-12-15-5-3-14(4-6-15)11-19-7-8-22-13-16(19)10-17(21)18-2-1-9-23-18/h1-6,9,16-17,20-21H,7-8,10-13H2. The fraction of sp³-hybridized carbons (Fsp3) is 0.444. The lowest BCUT2D eigenvalue weighted by Gasteiger charge is -2.36. The van der Waals surface area contributed by atoms with Crippen molar-refractivity contribution in [1.82, 2.24) is 4.90 Å². The second-order valence-electron chi connectivity index (χ2n) is 5.94. The molecule has 1 aliphatic heterocycles. The zero-order chi connectivity index (χ0) is 16.1. The van der Waals surface area contributed by atoms with Crippen molar-refractivity contribution in [1.29, 1.82) is 0 Å². The second kappa shape index (κ2) is 8.04. The number of hydrogen-bond acceptors (Lipinski definition) is 5. The van der Waals surface area contributed by atoms with E-state index in [-0.39, 0.29) is 12.6 Å². The van der Waals surface area contributed by atoms with Crippen LogP contribution in [0.4, 0.5) is 0 Å². The van der Waals surface area contributed by atoms with Gasteiger partial charge in [0.25, 0.3) is 0 Å². The summed E-state index contributed by atoms with van der Waals surface area (Å²) in [5, 5.41) is 21.5. The molecule has 1 fully saturated rings. The van der Waals surface area contributed by atoms with Gasteiger partial charge in [-0.1, -0.05) is 30.3 Å². The number of aliphatic hydroxyl groups is 2. The van der Waals surface area contributed by atoms with Gasteiger partial charge in [-0.05, 0) is 29.0 Å². The van der Waals surface area contributed by atoms with Crippen molar-refractivity contribution in [3.63, 3.8) is 0 Å². The van der Waals surface area contributed by atoms with Gasteiger partial charge in [0.15, 0.2) is 0 Å². The Morgan fingerprint density at radius 2 is 2.00 bits per heavy atom. The molecule has 4 nitrogen and oxygen atoms in total. The van der Waals surface area contributed by atoms with E-state index >= 15 is 0 Å². The molecule has 2 atom stereocenters. The number of ether oxygens (including phenoxy) is 1. The molecule has 0 bridgehead atoms. The van der Waals surface area contributed by atoms with Crippen LogP contribution in [0.3, 0.4) is 0 Å². The Labute approximate surface area is 141 Å². The first-order valence-electron chi connectivity index (χ1n) is 7.98. The molecule has 1 aromatic carbocycles. The van der Waals surface area contributed by atoms with Gasteiger partial charge in [0.2, 0.25) is 0 Å². The molecule has 0 amide bonds. The first-order chi connectivity index (χ1) is 11.3. The van der Waals surface area contributed by atoms with E-state index < -0.39 is 6.10 Å². The first-order valence-corrected chi connectivity index (χ1v) is 8.86. The van der Waals surface area contributed by atoms with Crippen LogP contribution in [0.5, 0.6) is 0 Å². The zero-order valence-corrected chi connectivity index (χ0v) is 13.9. The van der Waals surface area contributed by atoms with Crippen molar-refractivity contribution in [3.05, 3.63) is 57.8 Å². The topological polar surface area (TPSA) is 52.9 Å². The normalized spacial score (nSPS) is 20.5. The molecule has 124 valence electrons. The van der Waals surface area contributed by atoms with Gasteiger partial charge >= 0.3 is 0 Å². The third-order valence-electron chi connectivity index (χ3n) is 4.31. The molecule has 0 aliphatic carbocycles. The summed E-state index contributed by atoms with van der Waals surface area (Å²) in [6.07, 6.45) is 0.260. The molecule has 5 heteroatoms. The summed E-state index contributed by atoms with van der Waals surface area (Å²) in [5.74, 6) is 0. The van der Waals surface area contributed by atoms with Crippen LogP contribution in [0.15, 0.2) is 41.8 Å². The minimum Gasteiger partial charge on any atom is -0.392 e. The number of hydrogen-bond donors (Lipinski definition) is 2. The quantitative estimate of drug-likeness (QED) is 0.853. The minimum atomic E-state index is -0.430. The summed E-state index contributed by atoms with van der Waals surface area (Å²) in [7, 11) is 0. The maximum atomic E-state index is 10.4. The predicted molar refractivity (Wildman–Crippen MR) is 91.3 cm³/mol. The third kappa shape index (κ3) is 4.40. The van der Waals surface area contributed by atoms with E-state index in [1.165, 1.54) is 5.56 Å². The van der Waals surface area contributed by atoms with E-state index in [1.54, 1.807) is 11.3 Å². The minimum absolute atomic E-state index is 0.0769.